The van der Waals surface area contributed by atoms with Crippen molar-refractivity contribution in [2.75, 3.05) is 33.4 Å². The highest BCUT2D eigenvalue weighted by Gasteiger charge is 2.27. The van der Waals surface area contributed by atoms with Crippen molar-refractivity contribution in [1.82, 2.24) is 9.80 Å². The maximum absolute atomic E-state index is 13.3. The Labute approximate surface area is 183 Å². The Balaban J connectivity index is 1.76. The predicted octanol–water partition coefficient (Wildman–Crippen LogP) is 3.74. The molecule has 1 atom stereocenters. The summed E-state index contributed by atoms with van der Waals surface area (Å²) in [7, 11) is 1.54. The molecule has 3 rings (SSSR count). The van der Waals surface area contributed by atoms with E-state index in [9.17, 15) is 9.59 Å². The van der Waals surface area contributed by atoms with Gasteiger partial charge in [0.25, 0.3) is 5.91 Å². The Morgan fingerprint density at radius 2 is 2.00 bits per heavy atom. The van der Waals surface area contributed by atoms with Gasteiger partial charge in [0.15, 0.2) is 0 Å². The molecule has 168 valence electrons. The third-order valence-electron chi connectivity index (χ3n) is 5.46. The molecule has 1 unspecified atom stereocenters. The topological polar surface area (TPSA) is 72.2 Å². The lowest BCUT2D eigenvalue weighted by molar-refractivity contribution is -0.134. The van der Waals surface area contributed by atoms with Crippen LogP contribution in [0, 0.1) is 0 Å². The molecule has 7 nitrogen and oxygen atoms in total. The molecule has 0 aliphatic carbocycles. The number of carbonyl (C=O) groups excluding carboxylic acids is 2. The van der Waals surface area contributed by atoms with Crippen molar-refractivity contribution in [3.63, 3.8) is 0 Å². The standard InChI is InChI=1S/C24H32N2O5/c1-3-4-13-25(24(28)21-11-5-6-12-22(21)29-2)18-23(27)26(16-19-9-7-14-30-19)17-20-10-8-15-31-20/h5-7,9,11-12,14,20H,3-4,8,10,13,15-18H2,1-2H3. The molecule has 0 bridgehead atoms. The van der Waals surface area contributed by atoms with Gasteiger partial charge >= 0.3 is 0 Å². The highest BCUT2D eigenvalue weighted by molar-refractivity contribution is 5.98. The van der Waals surface area contributed by atoms with Gasteiger partial charge in [-0.3, -0.25) is 9.59 Å². The number of methoxy groups -OCH3 is 1. The maximum Gasteiger partial charge on any atom is 0.258 e. The number of hydrogen-bond donors (Lipinski definition) is 0. The second-order valence-electron chi connectivity index (χ2n) is 7.77. The fraction of sp³-hybridized carbons (Fsp3) is 0.500. The second-order valence-corrected chi connectivity index (χ2v) is 7.77. The number of furan rings is 1. The lowest BCUT2D eigenvalue weighted by atomic mass is 10.1. The Hall–Kier alpha value is -2.80. The Kier molecular flexibility index (Phi) is 8.53. The zero-order valence-corrected chi connectivity index (χ0v) is 18.4. The molecule has 1 fully saturated rings. The van der Waals surface area contributed by atoms with Crippen LogP contribution in [-0.2, 0) is 16.1 Å². The van der Waals surface area contributed by atoms with Gasteiger partial charge in [-0.15, -0.1) is 0 Å². The highest BCUT2D eigenvalue weighted by Crippen LogP contribution is 2.21. The molecule has 0 N–H and O–H groups in total. The van der Waals surface area contributed by atoms with E-state index in [-0.39, 0.29) is 24.5 Å². The third kappa shape index (κ3) is 6.34. The van der Waals surface area contributed by atoms with Gasteiger partial charge in [0, 0.05) is 19.7 Å². The number of unbranched alkanes of at least 4 members (excludes halogenated alkanes) is 1. The van der Waals surface area contributed by atoms with Gasteiger partial charge in [-0.25, -0.2) is 0 Å². The molecule has 0 radical (unpaired) electrons. The molecule has 1 aromatic heterocycles. The van der Waals surface area contributed by atoms with Crippen LogP contribution in [0.15, 0.2) is 47.1 Å². The summed E-state index contributed by atoms with van der Waals surface area (Å²) in [5.41, 5.74) is 0.464. The van der Waals surface area contributed by atoms with Crippen molar-refractivity contribution in [1.29, 1.82) is 0 Å². The molecule has 7 heteroatoms. The van der Waals surface area contributed by atoms with Crippen molar-refractivity contribution in [2.24, 2.45) is 0 Å². The van der Waals surface area contributed by atoms with Crippen LogP contribution in [-0.4, -0.2) is 61.1 Å². The fourth-order valence-electron chi connectivity index (χ4n) is 3.74. The summed E-state index contributed by atoms with van der Waals surface area (Å²) in [6.07, 6.45) is 5.30. The molecular weight excluding hydrogens is 396 g/mol. The number of para-hydroxylation sites is 1. The van der Waals surface area contributed by atoms with Gasteiger partial charge < -0.3 is 23.7 Å². The van der Waals surface area contributed by atoms with Gasteiger partial charge in [-0.1, -0.05) is 25.5 Å². The fourth-order valence-corrected chi connectivity index (χ4v) is 3.74. The van der Waals surface area contributed by atoms with E-state index in [0.717, 1.165) is 32.3 Å². The van der Waals surface area contributed by atoms with E-state index >= 15 is 0 Å². The monoisotopic (exact) mass is 428 g/mol. The third-order valence-corrected chi connectivity index (χ3v) is 5.46. The van der Waals surface area contributed by atoms with E-state index in [1.807, 2.05) is 18.2 Å². The smallest absolute Gasteiger partial charge is 0.258 e. The van der Waals surface area contributed by atoms with E-state index in [2.05, 4.69) is 6.92 Å². The van der Waals surface area contributed by atoms with Crippen LogP contribution in [0.5, 0.6) is 5.75 Å². The van der Waals surface area contributed by atoms with Gasteiger partial charge in [0.2, 0.25) is 5.91 Å². The van der Waals surface area contributed by atoms with E-state index in [1.54, 1.807) is 41.4 Å². The lowest BCUT2D eigenvalue weighted by Crippen LogP contribution is -2.45. The number of hydrogen-bond acceptors (Lipinski definition) is 5. The van der Waals surface area contributed by atoms with Crippen molar-refractivity contribution in [2.45, 2.75) is 45.3 Å². The molecule has 2 amide bonds. The minimum atomic E-state index is -0.200. The van der Waals surface area contributed by atoms with Crippen LogP contribution in [0.25, 0.3) is 0 Å². The SMILES string of the molecule is CCCCN(CC(=O)N(Cc1ccco1)CC1CCCO1)C(=O)c1ccccc1OC. The van der Waals surface area contributed by atoms with Gasteiger partial charge in [-0.05, 0) is 43.5 Å². The summed E-state index contributed by atoms with van der Waals surface area (Å²) in [6, 6.07) is 10.8. The van der Waals surface area contributed by atoms with E-state index < -0.39 is 0 Å². The van der Waals surface area contributed by atoms with E-state index in [0.29, 0.717) is 36.7 Å². The summed E-state index contributed by atoms with van der Waals surface area (Å²) >= 11 is 0. The highest BCUT2D eigenvalue weighted by atomic mass is 16.5. The molecule has 1 saturated heterocycles. The minimum absolute atomic E-state index is 0.00428. The largest absolute Gasteiger partial charge is 0.496 e. The zero-order valence-electron chi connectivity index (χ0n) is 18.4. The average Bonchev–Trinajstić information content (AvgIpc) is 3.50. The first kappa shape index (κ1) is 22.9. The summed E-state index contributed by atoms with van der Waals surface area (Å²) in [4.78, 5) is 30.0. The van der Waals surface area contributed by atoms with Crippen LogP contribution in [0.4, 0.5) is 0 Å². The summed E-state index contributed by atoms with van der Waals surface area (Å²) in [6.45, 7) is 4.15. The van der Waals surface area contributed by atoms with Crippen LogP contribution in [0.1, 0.15) is 48.7 Å². The molecule has 0 spiro atoms. The molecular formula is C24H32N2O5. The average molecular weight is 429 g/mol. The molecule has 0 saturated carbocycles. The molecule has 2 heterocycles. The first-order valence-corrected chi connectivity index (χ1v) is 11.0. The summed E-state index contributed by atoms with van der Waals surface area (Å²) in [5, 5.41) is 0. The number of ether oxygens (including phenoxy) is 2. The first-order chi connectivity index (χ1) is 15.1. The maximum atomic E-state index is 13.3. The molecule has 31 heavy (non-hydrogen) atoms. The summed E-state index contributed by atoms with van der Waals surface area (Å²) < 4.78 is 16.6. The Morgan fingerprint density at radius 3 is 2.68 bits per heavy atom. The van der Waals surface area contributed by atoms with Crippen molar-refractivity contribution in [3.05, 3.63) is 54.0 Å². The number of rotatable bonds is 11. The molecule has 2 aromatic rings. The van der Waals surface area contributed by atoms with Gasteiger partial charge in [0.05, 0.1) is 31.6 Å². The van der Waals surface area contributed by atoms with Crippen molar-refractivity contribution in [3.8, 4) is 5.75 Å². The minimum Gasteiger partial charge on any atom is -0.496 e. The molecule has 1 aromatic carbocycles. The van der Waals surface area contributed by atoms with E-state index in [4.69, 9.17) is 13.9 Å². The predicted molar refractivity (Wildman–Crippen MR) is 117 cm³/mol. The van der Waals surface area contributed by atoms with E-state index in [1.165, 1.54) is 0 Å². The van der Waals surface area contributed by atoms with Crippen LogP contribution in [0.3, 0.4) is 0 Å². The molecule has 1 aliphatic heterocycles. The number of amides is 2. The van der Waals surface area contributed by atoms with Gasteiger partial charge in [-0.2, -0.15) is 0 Å². The van der Waals surface area contributed by atoms with Crippen molar-refractivity contribution < 1.29 is 23.5 Å². The lowest BCUT2D eigenvalue weighted by Gasteiger charge is -2.29. The zero-order chi connectivity index (χ0) is 22.1. The number of carbonyl (C=O) groups is 2. The number of benzene rings is 1. The van der Waals surface area contributed by atoms with Gasteiger partial charge in [0.1, 0.15) is 18.1 Å². The Morgan fingerprint density at radius 1 is 1.16 bits per heavy atom. The summed E-state index contributed by atoms with van der Waals surface area (Å²) in [5.74, 6) is 0.899. The molecule has 1 aliphatic rings. The first-order valence-electron chi connectivity index (χ1n) is 11.0. The Bertz CT molecular complexity index is 830. The quantitative estimate of drug-likeness (QED) is 0.545. The van der Waals surface area contributed by atoms with Crippen LogP contribution < -0.4 is 4.74 Å². The van der Waals surface area contributed by atoms with Crippen LogP contribution >= 0.6 is 0 Å². The number of nitrogens with zero attached hydrogens (tertiary/aromatic N) is 2. The second kappa shape index (κ2) is 11.6. The van der Waals surface area contributed by atoms with Crippen molar-refractivity contribution >= 4 is 11.8 Å². The van der Waals surface area contributed by atoms with Crippen LogP contribution in [0.2, 0.25) is 0 Å². The normalized spacial score (nSPS) is 15.6.